The van der Waals surface area contributed by atoms with Crippen LogP contribution in [0.2, 0.25) is 0 Å². The fourth-order valence-corrected chi connectivity index (χ4v) is 2.51. The molecule has 0 aliphatic heterocycles. The fourth-order valence-electron chi connectivity index (χ4n) is 1.50. The maximum Gasteiger partial charge on any atom is 0.233 e. The van der Waals surface area contributed by atoms with Crippen molar-refractivity contribution in [3.8, 4) is 0 Å². The summed E-state index contributed by atoms with van der Waals surface area (Å²) in [7, 11) is 0. The summed E-state index contributed by atoms with van der Waals surface area (Å²) < 4.78 is 0. The molecular formula is C10H18N2OS2. The van der Waals surface area contributed by atoms with Gasteiger partial charge in [-0.05, 0) is 25.5 Å². The zero-order chi connectivity index (χ0) is 11.5. The van der Waals surface area contributed by atoms with Gasteiger partial charge in [-0.1, -0.05) is 19.1 Å². The van der Waals surface area contributed by atoms with E-state index >= 15 is 0 Å². The van der Waals surface area contributed by atoms with Crippen molar-refractivity contribution >= 4 is 34.9 Å². The third-order valence-corrected chi connectivity index (χ3v) is 3.98. The number of nitrogens with one attached hydrogen (secondary N) is 1. The van der Waals surface area contributed by atoms with Crippen LogP contribution in [-0.4, -0.2) is 28.9 Å². The SMILES string of the molecule is CCC(CSC)NC(=O)C1(C(N)=S)CC1. The van der Waals surface area contributed by atoms with Gasteiger partial charge in [-0.3, -0.25) is 4.79 Å². The molecule has 1 fully saturated rings. The summed E-state index contributed by atoms with van der Waals surface area (Å²) in [6.45, 7) is 2.07. The minimum atomic E-state index is -0.513. The van der Waals surface area contributed by atoms with Gasteiger partial charge in [0, 0.05) is 11.8 Å². The zero-order valence-electron chi connectivity index (χ0n) is 9.21. The van der Waals surface area contributed by atoms with Gasteiger partial charge in [0.15, 0.2) is 0 Å². The van der Waals surface area contributed by atoms with Crippen LogP contribution in [0.1, 0.15) is 26.2 Å². The van der Waals surface area contributed by atoms with E-state index in [1.54, 1.807) is 11.8 Å². The lowest BCUT2D eigenvalue weighted by Gasteiger charge is -2.20. The predicted octanol–water partition coefficient (Wildman–Crippen LogP) is 1.31. The second kappa shape index (κ2) is 5.16. The minimum absolute atomic E-state index is 0.0240. The first-order valence-electron chi connectivity index (χ1n) is 5.16. The molecular weight excluding hydrogens is 228 g/mol. The number of carbonyl (C=O) groups excluding carboxylic acids is 1. The topological polar surface area (TPSA) is 55.1 Å². The molecule has 0 aromatic heterocycles. The maximum absolute atomic E-state index is 11.9. The molecule has 1 atom stereocenters. The molecule has 1 rings (SSSR count). The summed E-state index contributed by atoms with van der Waals surface area (Å²) in [6.07, 6.45) is 4.60. The Labute approximate surface area is 101 Å². The predicted molar refractivity (Wildman–Crippen MR) is 69.1 cm³/mol. The van der Waals surface area contributed by atoms with Crippen LogP contribution in [0.4, 0.5) is 0 Å². The van der Waals surface area contributed by atoms with Gasteiger partial charge in [0.2, 0.25) is 5.91 Å². The molecule has 1 aliphatic rings. The van der Waals surface area contributed by atoms with Crippen molar-refractivity contribution in [3.05, 3.63) is 0 Å². The molecule has 86 valence electrons. The van der Waals surface area contributed by atoms with Crippen LogP contribution in [0.15, 0.2) is 0 Å². The minimum Gasteiger partial charge on any atom is -0.392 e. The summed E-state index contributed by atoms with van der Waals surface area (Å²) in [5.74, 6) is 0.964. The largest absolute Gasteiger partial charge is 0.392 e. The standard InChI is InChI=1S/C10H18N2OS2/c1-3-7(6-15-2)12-9(13)10(4-5-10)8(11)14/h7H,3-6H2,1-2H3,(H2,11,14)(H,12,13). The molecule has 0 bridgehead atoms. The first kappa shape index (κ1) is 12.8. The number of thioether (sulfide) groups is 1. The number of hydrogen-bond donors (Lipinski definition) is 2. The first-order valence-corrected chi connectivity index (χ1v) is 6.97. The highest BCUT2D eigenvalue weighted by molar-refractivity contribution is 7.98. The molecule has 1 aliphatic carbocycles. The summed E-state index contributed by atoms with van der Waals surface area (Å²) in [5, 5.41) is 3.02. The average molecular weight is 246 g/mol. The summed E-state index contributed by atoms with van der Waals surface area (Å²) >= 11 is 6.67. The molecule has 0 aromatic rings. The normalized spacial score (nSPS) is 19.3. The van der Waals surface area contributed by atoms with E-state index in [9.17, 15) is 4.79 Å². The van der Waals surface area contributed by atoms with Crippen molar-refractivity contribution in [2.45, 2.75) is 32.2 Å². The highest BCUT2D eigenvalue weighted by Crippen LogP contribution is 2.46. The highest BCUT2D eigenvalue weighted by Gasteiger charge is 2.52. The van der Waals surface area contributed by atoms with Crippen molar-refractivity contribution in [2.24, 2.45) is 11.1 Å². The zero-order valence-corrected chi connectivity index (χ0v) is 10.8. The second-order valence-electron chi connectivity index (χ2n) is 3.98. The third-order valence-electron chi connectivity index (χ3n) is 2.85. The molecule has 1 amide bonds. The first-order chi connectivity index (χ1) is 7.06. The van der Waals surface area contributed by atoms with E-state index < -0.39 is 5.41 Å². The Bertz CT molecular complexity index is 264. The Morgan fingerprint density at radius 3 is 2.60 bits per heavy atom. The van der Waals surface area contributed by atoms with Gasteiger partial charge in [-0.25, -0.2) is 0 Å². The molecule has 0 spiro atoms. The van der Waals surface area contributed by atoms with Crippen molar-refractivity contribution in [3.63, 3.8) is 0 Å². The van der Waals surface area contributed by atoms with Gasteiger partial charge in [0.1, 0.15) is 0 Å². The summed E-state index contributed by atoms with van der Waals surface area (Å²) in [5.41, 5.74) is 5.08. The molecule has 0 heterocycles. The van der Waals surface area contributed by atoms with E-state index in [0.29, 0.717) is 4.99 Å². The van der Waals surface area contributed by atoms with Gasteiger partial charge in [-0.2, -0.15) is 11.8 Å². The van der Waals surface area contributed by atoms with E-state index in [-0.39, 0.29) is 11.9 Å². The number of amides is 1. The van der Waals surface area contributed by atoms with Crippen LogP contribution in [-0.2, 0) is 4.79 Å². The quantitative estimate of drug-likeness (QED) is 0.694. The average Bonchev–Trinajstić information content (AvgIpc) is 2.97. The Morgan fingerprint density at radius 2 is 2.27 bits per heavy atom. The Balaban J connectivity index is 2.51. The van der Waals surface area contributed by atoms with E-state index in [1.807, 2.05) is 6.26 Å². The Kier molecular flexibility index (Phi) is 4.40. The number of nitrogens with two attached hydrogens (primary N) is 1. The smallest absolute Gasteiger partial charge is 0.233 e. The molecule has 15 heavy (non-hydrogen) atoms. The van der Waals surface area contributed by atoms with E-state index in [1.165, 1.54) is 0 Å². The van der Waals surface area contributed by atoms with Gasteiger partial charge < -0.3 is 11.1 Å². The van der Waals surface area contributed by atoms with Crippen LogP contribution in [0.25, 0.3) is 0 Å². The summed E-state index contributed by atoms with van der Waals surface area (Å²) in [4.78, 5) is 12.3. The summed E-state index contributed by atoms with van der Waals surface area (Å²) in [6, 6.07) is 0.235. The molecule has 5 heteroatoms. The number of thiocarbonyl (C=S) groups is 1. The third kappa shape index (κ3) is 2.84. The van der Waals surface area contributed by atoms with Gasteiger partial charge in [-0.15, -0.1) is 0 Å². The van der Waals surface area contributed by atoms with Gasteiger partial charge in [0.05, 0.1) is 10.4 Å². The van der Waals surface area contributed by atoms with Crippen LogP contribution in [0, 0.1) is 5.41 Å². The molecule has 3 N–H and O–H groups in total. The molecule has 0 radical (unpaired) electrons. The van der Waals surface area contributed by atoms with Crippen LogP contribution < -0.4 is 11.1 Å². The molecule has 0 aromatic carbocycles. The monoisotopic (exact) mass is 246 g/mol. The maximum atomic E-state index is 11.9. The molecule has 1 saturated carbocycles. The van der Waals surface area contributed by atoms with Crippen molar-refractivity contribution in [1.29, 1.82) is 0 Å². The van der Waals surface area contributed by atoms with E-state index in [2.05, 4.69) is 12.2 Å². The van der Waals surface area contributed by atoms with Gasteiger partial charge >= 0.3 is 0 Å². The van der Waals surface area contributed by atoms with Crippen molar-refractivity contribution in [1.82, 2.24) is 5.32 Å². The van der Waals surface area contributed by atoms with Crippen molar-refractivity contribution < 1.29 is 4.79 Å². The van der Waals surface area contributed by atoms with Gasteiger partial charge in [0.25, 0.3) is 0 Å². The number of hydrogen-bond acceptors (Lipinski definition) is 3. The fraction of sp³-hybridized carbons (Fsp3) is 0.800. The number of carbonyl (C=O) groups is 1. The second-order valence-corrected chi connectivity index (χ2v) is 5.33. The molecule has 1 unspecified atom stereocenters. The lowest BCUT2D eigenvalue weighted by Crippen LogP contribution is -2.45. The molecule has 0 saturated heterocycles. The number of rotatable bonds is 6. The molecule has 3 nitrogen and oxygen atoms in total. The van der Waals surface area contributed by atoms with Crippen LogP contribution >= 0.6 is 24.0 Å². The highest BCUT2D eigenvalue weighted by atomic mass is 32.2. The van der Waals surface area contributed by atoms with Crippen LogP contribution in [0.3, 0.4) is 0 Å². The lowest BCUT2D eigenvalue weighted by molar-refractivity contribution is -0.124. The van der Waals surface area contributed by atoms with Crippen LogP contribution in [0.5, 0.6) is 0 Å². The Morgan fingerprint density at radius 1 is 1.67 bits per heavy atom. The van der Waals surface area contributed by atoms with E-state index in [4.69, 9.17) is 18.0 Å². The van der Waals surface area contributed by atoms with E-state index in [0.717, 1.165) is 25.0 Å². The Hall–Kier alpha value is -0.290. The van der Waals surface area contributed by atoms with Crippen molar-refractivity contribution in [2.75, 3.05) is 12.0 Å². The lowest BCUT2D eigenvalue weighted by atomic mass is 10.1.